The van der Waals surface area contributed by atoms with Crippen LogP contribution in [0.3, 0.4) is 0 Å². The van der Waals surface area contributed by atoms with Crippen LogP contribution in [0.15, 0.2) is 12.1 Å². The van der Waals surface area contributed by atoms with Crippen LogP contribution in [0.4, 0.5) is 22.7 Å². The lowest BCUT2D eigenvalue weighted by Crippen LogP contribution is -2.38. The lowest BCUT2D eigenvalue weighted by Gasteiger charge is -2.24. The fraction of sp³-hybridized carbons (Fsp3) is 0.600. The molecule has 0 radical (unpaired) electrons. The lowest BCUT2D eigenvalue weighted by molar-refractivity contribution is -0.172. The van der Waals surface area contributed by atoms with Crippen molar-refractivity contribution >= 4 is 26.8 Å². The molecule has 0 atom stereocenters. The number of aromatic nitrogens is 2. The minimum Gasteiger partial charge on any atom is -0.477 e. The summed E-state index contributed by atoms with van der Waals surface area (Å²) >= 11 is 1.02. The van der Waals surface area contributed by atoms with E-state index in [0.717, 1.165) is 29.1 Å². The number of hydrogen-bond acceptors (Lipinski definition) is 5. The molecule has 2 aromatic rings. The van der Waals surface area contributed by atoms with Gasteiger partial charge in [-0.15, -0.1) is 0 Å². The highest BCUT2D eigenvalue weighted by molar-refractivity contribution is 7.21. The third kappa shape index (κ3) is 2.68. The van der Waals surface area contributed by atoms with Gasteiger partial charge in [0.25, 0.3) is 0 Å². The number of alkyl halides is 4. The molecule has 0 spiro atoms. The molecular formula is C15H15F4N3OS. The molecule has 0 unspecified atom stereocenters. The Morgan fingerprint density at radius 2 is 1.83 bits per heavy atom. The first-order valence-corrected chi connectivity index (χ1v) is 8.57. The average molecular weight is 361 g/mol. The summed E-state index contributed by atoms with van der Waals surface area (Å²) < 4.78 is 59.0. The van der Waals surface area contributed by atoms with Gasteiger partial charge < -0.3 is 9.64 Å². The van der Waals surface area contributed by atoms with Crippen LogP contribution in [0, 0.1) is 5.92 Å². The molecule has 1 aliphatic heterocycles. The van der Waals surface area contributed by atoms with Crippen molar-refractivity contribution in [3.63, 3.8) is 0 Å². The first-order valence-electron chi connectivity index (χ1n) is 7.75. The van der Waals surface area contributed by atoms with Gasteiger partial charge in [-0.25, -0.2) is 9.97 Å². The van der Waals surface area contributed by atoms with Crippen LogP contribution in [-0.4, -0.2) is 41.5 Å². The van der Waals surface area contributed by atoms with Gasteiger partial charge in [-0.2, -0.15) is 17.6 Å². The summed E-state index contributed by atoms with van der Waals surface area (Å²) in [6, 6.07) is 3.34. The van der Waals surface area contributed by atoms with Crippen LogP contribution in [0.25, 0.3) is 10.3 Å². The van der Waals surface area contributed by atoms with Gasteiger partial charge >= 0.3 is 11.8 Å². The third-order valence-corrected chi connectivity index (χ3v) is 5.52. The first kappa shape index (κ1) is 15.9. The molecule has 2 aliphatic rings. The van der Waals surface area contributed by atoms with Crippen LogP contribution in [0.1, 0.15) is 19.3 Å². The highest BCUT2D eigenvalue weighted by atomic mass is 32.1. The van der Waals surface area contributed by atoms with Gasteiger partial charge in [0, 0.05) is 6.07 Å². The van der Waals surface area contributed by atoms with Gasteiger partial charge in [0.05, 0.1) is 19.7 Å². The molecular weight excluding hydrogens is 346 g/mol. The maximum absolute atomic E-state index is 13.3. The van der Waals surface area contributed by atoms with Crippen molar-refractivity contribution in [3.05, 3.63) is 12.1 Å². The molecule has 1 saturated heterocycles. The quantitative estimate of drug-likeness (QED) is 0.773. The van der Waals surface area contributed by atoms with E-state index in [9.17, 15) is 17.6 Å². The second-order valence-corrected chi connectivity index (χ2v) is 7.30. The summed E-state index contributed by atoms with van der Waals surface area (Å²) in [6.07, 6.45) is 3.54. The molecule has 0 amide bonds. The topological polar surface area (TPSA) is 38.2 Å². The van der Waals surface area contributed by atoms with Crippen molar-refractivity contribution in [2.45, 2.75) is 31.1 Å². The number of rotatable bonds is 4. The highest BCUT2D eigenvalue weighted by Crippen LogP contribution is 2.44. The van der Waals surface area contributed by atoms with E-state index in [0.29, 0.717) is 28.8 Å². The molecule has 4 nitrogen and oxygen atoms in total. The van der Waals surface area contributed by atoms with E-state index in [1.165, 1.54) is 6.42 Å². The summed E-state index contributed by atoms with van der Waals surface area (Å²) in [4.78, 5) is 9.86. The van der Waals surface area contributed by atoms with Gasteiger partial charge in [-0.1, -0.05) is 17.8 Å². The summed E-state index contributed by atoms with van der Waals surface area (Å²) in [5, 5.41) is 0.130. The Hall–Kier alpha value is -1.64. The molecule has 130 valence electrons. The van der Waals surface area contributed by atoms with E-state index < -0.39 is 24.9 Å². The molecule has 1 saturated carbocycles. The van der Waals surface area contributed by atoms with Crippen molar-refractivity contribution in [2.24, 2.45) is 5.92 Å². The Morgan fingerprint density at radius 3 is 2.46 bits per heavy atom. The molecule has 0 aromatic carbocycles. The van der Waals surface area contributed by atoms with Crippen LogP contribution >= 0.6 is 11.3 Å². The Bertz CT molecular complexity index is 746. The molecule has 2 fully saturated rings. The van der Waals surface area contributed by atoms with E-state index in [2.05, 4.69) is 9.97 Å². The SMILES string of the molecule is FC1(F)CN(c2nc3ccc(OCC4CCC4)nc3s2)CC1(F)F. The Labute approximate surface area is 139 Å². The number of hydrogen-bond donors (Lipinski definition) is 0. The molecule has 24 heavy (non-hydrogen) atoms. The number of anilines is 1. The van der Waals surface area contributed by atoms with Crippen molar-refractivity contribution in [1.82, 2.24) is 9.97 Å². The molecule has 2 aromatic heterocycles. The number of nitrogens with zero attached hydrogens (tertiary/aromatic N) is 3. The van der Waals surface area contributed by atoms with Gasteiger partial charge in [0.15, 0.2) is 5.13 Å². The zero-order valence-electron chi connectivity index (χ0n) is 12.6. The minimum absolute atomic E-state index is 0.130. The minimum atomic E-state index is -4.05. The van der Waals surface area contributed by atoms with Crippen LogP contribution in [0.2, 0.25) is 0 Å². The van der Waals surface area contributed by atoms with E-state index in [4.69, 9.17) is 4.74 Å². The normalized spacial score (nSPS) is 22.8. The van der Waals surface area contributed by atoms with Crippen LogP contribution in [-0.2, 0) is 0 Å². The maximum atomic E-state index is 13.3. The second kappa shape index (κ2) is 5.44. The average Bonchev–Trinajstić information content (AvgIpc) is 2.95. The smallest absolute Gasteiger partial charge is 0.329 e. The van der Waals surface area contributed by atoms with Gasteiger partial charge in [-0.3, -0.25) is 0 Å². The van der Waals surface area contributed by atoms with Crippen molar-refractivity contribution in [1.29, 1.82) is 0 Å². The monoisotopic (exact) mass is 361 g/mol. The van der Waals surface area contributed by atoms with E-state index in [1.807, 2.05) is 0 Å². The maximum Gasteiger partial charge on any atom is 0.329 e. The summed E-state index contributed by atoms with van der Waals surface area (Å²) in [6.45, 7) is -1.47. The van der Waals surface area contributed by atoms with Crippen molar-refractivity contribution in [2.75, 3.05) is 24.6 Å². The molecule has 9 heteroatoms. The molecule has 1 aliphatic carbocycles. The van der Waals surface area contributed by atoms with Gasteiger partial charge in [0.2, 0.25) is 5.88 Å². The second-order valence-electron chi connectivity index (χ2n) is 6.34. The Balaban J connectivity index is 1.53. The predicted molar refractivity (Wildman–Crippen MR) is 82.4 cm³/mol. The van der Waals surface area contributed by atoms with Crippen molar-refractivity contribution in [3.8, 4) is 5.88 Å². The zero-order valence-corrected chi connectivity index (χ0v) is 13.5. The fourth-order valence-corrected chi connectivity index (χ4v) is 3.70. The van der Waals surface area contributed by atoms with Crippen LogP contribution in [0.5, 0.6) is 5.88 Å². The predicted octanol–water partition coefficient (Wildman–Crippen LogP) is 3.96. The summed E-state index contributed by atoms with van der Waals surface area (Å²) in [5.41, 5.74) is 0.490. The van der Waals surface area contributed by atoms with Crippen LogP contribution < -0.4 is 9.64 Å². The first-order chi connectivity index (χ1) is 11.3. The van der Waals surface area contributed by atoms with E-state index in [-0.39, 0.29) is 5.13 Å². The molecule has 0 N–H and O–H groups in total. The van der Waals surface area contributed by atoms with E-state index in [1.54, 1.807) is 12.1 Å². The Kier molecular flexibility index (Phi) is 3.59. The fourth-order valence-electron chi connectivity index (χ4n) is 2.77. The lowest BCUT2D eigenvalue weighted by atomic mass is 9.86. The number of thiazole rings is 1. The zero-order chi connectivity index (χ0) is 16.9. The highest BCUT2D eigenvalue weighted by Gasteiger charge is 2.63. The summed E-state index contributed by atoms with van der Waals surface area (Å²) in [7, 11) is 0. The number of pyridine rings is 1. The largest absolute Gasteiger partial charge is 0.477 e. The van der Waals surface area contributed by atoms with Gasteiger partial charge in [0.1, 0.15) is 10.3 Å². The van der Waals surface area contributed by atoms with E-state index >= 15 is 0 Å². The number of halogens is 4. The standard InChI is InChI=1S/C15H15F4N3OS/c16-14(17)7-22(8-15(14,18)19)13-20-10-4-5-11(21-12(10)24-13)23-6-9-2-1-3-9/h4-5,9H,1-3,6-8H2. The molecule has 4 rings (SSSR count). The third-order valence-electron chi connectivity index (χ3n) is 4.49. The number of ether oxygens (including phenoxy) is 1. The summed E-state index contributed by atoms with van der Waals surface area (Å²) in [5.74, 6) is -7.08. The number of fused-ring (bicyclic) bond motifs is 1. The van der Waals surface area contributed by atoms with Crippen molar-refractivity contribution < 1.29 is 22.3 Å². The molecule has 3 heterocycles. The van der Waals surface area contributed by atoms with Gasteiger partial charge in [-0.05, 0) is 24.8 Å². The molecule has 0 bridgehead atoms. The Morgan fingerprint density at radius 1 is 1.12 bits per heavy atom.